The first kappa shape index (κ1) is 18.8. The van der Waals surface area contributed by atoms with Crippen molar-refractivity contribution < 1.29 is 9.18 Å². The van der Waals surface area contributed by atoms with Crippen LogP contribution in [0.2, 0.25) is 5.15 Å². The highest BCUT2D eigenvalue weighted by atomic mass is 35.5. The molecular formula is C20H18ClFN4OS. The number of amides is 1. The minimum atomic E-state index is -0.329. The van der Waals surface area contributed by atoms with Crippen LogP contribution in [0.15, 0.2) is 30.3 Å². The van der Waals surface area contributed by atoms with E-state index in [1.807, 2.05) is 0 Å². The number of anilines is 1. The number of aromatic nitrogens is 3. The zero-order valence-corrected chi connectivity index (χ0v) is 16.8. The Morgan fingerprint density at radius 1 is 1.29 bits per heavy atom. The van der Waals surface area contributed by atoms with Crippen LogP contribution in [0.3, 0.4) is 0 Å². The molecule has 0 fully saturated rings. The highest BCUT2D eigenvalue weighted by Crippen LogP contribution is 2.29. The van der Waals surface area contributed by atoms with Crippen molar-refractivity contribution in [1.29, 1.82) is 0 Å². The molecule has 0 aliphatic heterocycles. The Hall–Kier alpha value is -2.51. The Morgan fingerprint density at radius 3 is 2.79 bits per heavy atom. The summed E-state index contributed by atoms with van der Waals surface area (Å²) in [5.74, 6) is -0.597. The van der Waals surface area contributed by atoms with Crippen molar-refractivity contribution in [1.82, 2.24) is 14.8 Å². The molecule has 8 heteroatoms. The number of nitrogens with one attached hydrogen (secondary N) is 1. The second-order valence-corrected chi connectivity index (χ2v) is 8.04. The number of thiazole rings is 1. The lowest BCUT2D eigenvalue weighted by molar-refractivity contribution is -0.111. The van der Waals surface area contributed by atoms with Gasteiger partial charge in [-0.3, -0.25) is 10.1 Å². The molecule has 1 amide bonds. The third-order valence-corrected chi connectivity index (χ3v) is 6.03. The van der Waals surface area contributed by atoms with Crippen molar-refractivity contribution in [2.45, 2.75) is 32.6 Å². The molecular weight excluding hydrogens is 399 g/mol. The highest BCUT2D eigenvalue weighted by Gasteiger charge is 2.16. The molecule has 0 bridgehead atoms. The number of hydrogen-bond donors (Lipinski definition) is 1. The van der Waals surface area contributed by atoms with Crippen LogP contribution in [0, 0.1) is 12.7 Å². The smallest absolute Gasteiger partial charge is 0.250 e. The molecule has 3 aromatic rings. The minimum absolute atomic E-state index is 0.268. The first-order chi connectivity index (χ1) is 13.5. The summed E-state index contributed by atoms with van der Waals surface area (Å²) in [6.07, 6.45) is 7.40. The van der Waals surface area contributed by atoms with E-state index >= 15 is 0 Å². The molecule has 1 aliphatic rings. The average molecular weight is 417 g/mol. The van der Waals surface area contributed by atoms with Crippen molar-refractivity contribution in [3.63, 3.8) is 0 Å². The molecule has 1 aromatic carbocycles. The Morgan fingerprint density at radius 2 is 2.04 bits per heavy atom. The van der Waals surface area contributed by atoms with Gasteiger partial charge in [-0.15, -0.1) is 11.3 Å². The quantitative estimate of drug-likeness (QED) is 0.611. The van der Waals surface area contributed by atoms with E-state index in [4.69, 9.17) is 11.6 Å². The predicted molar refractivity (Wildman–Crippen MR) is 110 cm³/mol. The highest BCUT2D eigenvalue weighted by molar-refractivity contribution is 7.15. The molecule has 0 saturated carbocycles. The molecule has 2 aromatic heterocycles. The second kappa shape index (κ2) is 7.85. The van der Waals surface area contributed by atoms with E-state index in [0.717, 1.165) is 25.0 Å². The van der Waals surface area contributed by atoms with E-state index < -0.39 is 0 Å². The molecule has 0 unspecified atom stereocenters. The van der Waals surface area contributed by atoms with Gasteiger partial charge < -0.3 is 0 Å². The SMILES string of the molecule is Cc1nn(-c2ccc(F)cc2)c(Cl)c1/C=C/C(=O)Nc1nc2c(s1)CCCC2. The number of hydrogen-bond acceptors (Lipinski definition) is 4. The van der Waals surface area contributed by atoms with Gasteiger partial charge in [0.1, 0.15) is 11.0 Å². The van der Waals surface area contributed by atoms with E-state index in [1.54, 1.807) is 36.5 Å². The van der Waals surface area contributed by atoms with Gasteiger partial charge in [0.25, 0.3) is 0 Å². The van der Waals surface area contributed by atoms with Crippen molar-refractivity contribution in [3.05, 3.63) is 63.1 Å². The zero-order chi connectivity index (χ0) is 19.7. The maximum Gasteiger partial charge on any atom is 0.250 e. The van der Waals surface area contributed by atoms with E-state index in [2.05, 4.69) is 15.4 Å². The number of carbonyl (C=O) groups is 1. The van der Waals surface area contributed by atoms with E-state index in [9.17, 15) is 9.18 Å². The van der Waals surface area contributed by atoms with Crippen molar-refractivity contribution in [2.24, 2.45) is 0 Å². The van der Waals surface area contributed by atoms with Crippen LogP contribution in [0.4, 0.5) is 9.52 Å². The second-order valence-electron chi connectivity index (χ2n) is 6.60. The lowest BCUT2D eigenvalue weighted by Crippen LogP contribution is -2.07. The fraction of sp³-hybridized carbons (Fsp3) is 0.250. The summed E-state index contributed by atoms with van der Waals surface area (Å²) in [5.41, 5.74) is 3.06. The summed E-state index contributed by atoms with van der Waals surface area (Å²) in [6, 6.07) is 5.88. The number of nitrogens with zero attached hydrogens (tertiary/aromatic N) is 3. The zero-order valence-electron chi connectivity index (χ0n) is 15.2. The molecule has 0 radical (unpaired) electrons. The fourth-order valence-corrected chi connectivity index (χ4v) is 4.55. The van der Waals surface area contributed by atoms with Gasteiger partial charge in [-0.05, 0) is 62.9 Å². The summed E-state index contributed by atoms with van der Waals surface area (Å²) < 4.78 is 14.6. The molecule has 2 heterocycles. The predicted octanol–water partition coefficient (Wildman–Crippen LogP) is 4.96. The first-order valence-electron chi connectivity index (χ1n) is 9.00. The largest absolute Gasteiger partial charge is 0.298 e. The molecule has 5 nitrogen and oxygen atoms in total. The summed E-state index contributed by atoms with van der Waals surface area (Å²) in [6.45, 7) is 1.80. The number of carbonyl (C=O) groups excluding carboxylic acids is 1. The molecule has 1 N–H and O–H groups in total. The van der Waals surface area contributed by atoms with E-state index in [-0.39, 0.29) is 11.7 Å². The van der Waals surface area contributed by atoms with Crippen LogP contribution >= 0.6 is 22.9 Å². The summed E-state index contributed by atoms with van der Waals surface area (Å²) in [4.78, 5) is 18.1. The Bertz CT molecular complexity index is 1030. The van der Waals surface area contributed by atoms with E-state index in [0.29, 0.717) is 27.2 Å². The van der Waals surface area contributed by atoms with Gasteiger partial charge in [-0.25, -0.2) is 14.1 Å². The molecule has 144 valence electrons. The van der Waals surface area contributed by atoms with Crippen LogP contribution in [-0.2, 0) is 17.6 Å². The van der Waals surface area contributed by atoms with Gasteiger partial charge in [-0.1, -0.05) is 11.6 Å². The summed E-state index contributed by atoms with van der Waals surface area (Å²) >= 11 is 7.97. The number of rotatable bonds is 4. The number of halogens is 2. The van der Waals surface area contributed by atoms with Crippen LogP contribution in [0.25, 0.3) is 11.8 Å². The third-order valence-electron chi connectivity index (χ3n) is 4.60. The van der Waals surface area contributed by atoms with Gasteiger partial charge >= 0.3 is 0 Å². The average Bonchev–Trinajstić information content (AvgIpc) is 3.21. The molecule has 0 saturated heterocycles. The van der Waals surface area contributed by atoms with Gasteiger partial charge in [0.15, 0.2) is 5.13 Å². The normalized spacial score (nSPS) is 13.7. The molecule has 4 rings (SSSR count). The molecule has 28 heavy (non-hydrogen) atoms. The third kappa shape index (κ3) is 3.86. The minimum Gasteiger partial charge on any atom is -0.298 e. The molecule has 0 spiro atoms. The van der Waals surface area contributed by atoms with E-state index in [1.165, 1.54) is 34.2 Å². The number of aryl methyl sites for hydroxylation is 3. The number of fused-ring (bicyclic) bond motifs is 1. The lowest BCUT2D eigenvalue weighted by atomic mass is 10.0. The summed E-state index contributed by atoms with van der Waals surface area (Å²) in [7, 11) is 0. The van der Waals surface area contributed by atoms with Crippen LogP contribution in [-0.4, -0.2) is 20.7 Å². The maximum atomic E-state index is 13.1. The lowest BCUT2D eigenvalue weighted by Gasteiger charge is -2.06. The van der Waals surface area contributed by atoms with Crippen molar-refractivity contribution >= 4 is 40.1 Å². The van der Waals surface area contributed by atoms with Crippen LogP contribution in [0.5, 0.6) is 0 Å². The maximum absolute atomic E-state index is 13.1. The van der Waals surface area contributed by atoms with Crippen LogP contribution in [0.1, 0.15) is 34.7 Å². The van der Waals surface area contributed by atoms with Gasteiger partial charge in [-0.2, -0.15) is 5.10 Å². The van der Waals surface area contributed by atoms with Crippen LogP contribution < -0.4 is 5.32 Å². The molecule has 1 aliphatic carbocycles. The van der Waals surface area contributed by atoms with Gasteiger partial charge in [0.05, 0.1) is 17.1 Å². The Kier molecular flexibility index (Phi) is 5.28. The Labute approximate surface area is 170 Å². The monoisotopic (exact) mass is 416 g/mol. The molecule has 0 atom stereocenters. The van der Waals surface area contributed by atoms with Crippen molar-refractivity contribution in [3.8, 4) is 5.69 Å². The number of benzene rings is 1. The standard InChI is InChI=1S/C20H18ClFN4OS/c1-12-15(19(21)26(25-12)14-8-6-13(22)7-9-14)10-11-18(27)24-20-23-16-4-2-3-5-17(16)28-20/h6-11H,2-5H2,1H3,(H,23,24,27)/b11-10+. The fourth-order valence-electron chi connectivity index (χ4n) is 3.17. The topological polar surface area (TPSA) is 59.8 Å². The first-order valence-corrected chi connectivity index (χ1v) is 10.2. The van der Waals surface area contributed by atoms with Gasteiger partial charge in [0, 0.05) is 16.5 Å². The van der Waals surface area contributed by atoms with Gasteiger partial charge in [0.2, 0.25) is 5.91 Å². The summed E-state index contributed by atoms with van der Waals surface area (Å²) in [5, 5.41) is 8.20. The van der Waals surface area contributed by atoms with Crippen molar-refractivity contribution in [2.75, 3.05) is 5.32 Å². The Balaban J connectivity index is 1.50.